The second-order valence-electron chi connectivity index (χ2n) is 6.75. The standard InChI is InChI=1S/C19H23N3O/c1-2-17(19(23)10-6-3-7-11-19)22-13-21-16-12-20-15-9-5-4-8-14(15)18(16)22/h4-5,8-9,12-13,17,23H,2-3,6-7,10-11H2,1H3/t17-/m1/s1. The minimum absolute atomic E-state index is 0.0682. The van der Waals surface area contributed by atoms with Gasteiger partial charge in [-0.1, -0.05) is 44.4 Å². The molecule has 0 aliphatic heterocycles. The van der Waals surface area contributed by atoms with Gasteiger partial charge in [-0.15, -0.1) is 0 Å². The van der Waals surface area contributed by atoms with Gasteiger partial charge in [0.05, 0.1) is 35.2 Å². The molecule has 1 fully saturated rings. The minimum Gasteiger partial charge on any atom is -0.388 e. The summed E-state index contributed by atoms with van der Waals surface area (Å²) in [6, 6.07) is 8.24. The summed E-state index contributed by atoms with van der Waals surface area (Å²) in [5, 5.41) is 12.4. The van der Waals surface area contributed by atoms with Gasteiger partial charge >= 0.3 is 0 Å². The third-order valence-electron chi connectivity index (χ3n) is 5.37. The summed E-state index contributed by atoms with van der Waals surface area (Å²) in [4.78, 5) is 9.05. The van der Waals surface area contributed by atoms with Crippen LogP contribution in [-0.2, 0) is 0 Å². The number of aliphatic hydroxyl groups is 1. The van der Waals surface area contributed by atoms with E-state index >= 15 is 0 Å². The average molecular weight is 309 g/mol. The van der Waals surface area contributed by atoms with Crippen molar-refractivity contribution in [1.29, 1.82) is 0 Å². The molecule has 1 N–H and O–H groups in total. The van der Waals surface area contributed by atoms with Crippen LogP contribution in [0.3, 0.4) is 0 Å². The molecule has 1 aliphatic carbocycles. The molecule has 1 saturated carbocycles. The van der Waals surface area contributed by atoms with E-state index < -0.39 is 5.60 Å². The first kappa shape index (κ1) is 14.6. The van der Waals surface area contributed by atoms with Gasteiger partial charge in [0.1, 0.15) is 5.52 Å². The van der Waals surface area contributed by atoms with Crippen molar-refractivity contribution >= 4 is 21.9 Å². The topological polar surface area (TPSA) is 50.9 Å². The molecule has 1 atom stereocenters. The van der Waals surface area contributed by atoms with Crippen molar-refractivity contribution in [3.05, 3.63) is 36.8 Å². The molecule has 0 radical (unpaired) electrons. The molecule has 0 bridgehead atoms. The van der Waals surface area contributed by atoms with E-state index in [0.717, 1.165) is 54.0 Å². The first-order chi connectivity index (χ1) is 11.2. The molecule has 0 unspecified atom stereocenters. The number of nitrogens with zero attached hydrogens (tertiary/aromatic N) is 3. The van der Waals surface area contributed by atoms with E-state index in [-0.39, 0.29) is 6.04 Å². The number of aromatic nitrogens is 3. The molecule has 4 rings (SSSR count). The number of imidazole rings is 1. The SMILES string of the molecule is CC[C@@H](n1cnc2cnc3ccccc3c21)C1(O)CCCCC1. The van der Waals surface area contributed by atoms with E-state index in [1.54, 1.807) is 0 Å². The van der Waals surface area contributed by atoms with Crippen molar-refractivity contribution in [3.63, 3.8) is 0 Å². The van der Waals surface area contributed by atoms with Crippen molar-refractivity contribution < 1.29 is 5.11 Å². The van der Waals surface area contributed by atoms with E-state index in [1.165, 1.54) is 6.42 Å². The fraction of sp³-hybridized carbons (Fsp3) is 0.474. The lowest BCUT2D eigenvalue weighted by Crippen LogP contribution is -2.40. The van der Waals surface area contributed by atoms with Crippen LogP contribution in [0.15, 0.2) is 36.8 Å². The fourth-order valence-electron chi connectivity index (χ4n) is 4.23. The van der Waals surface area contributed by atoms with Gasteiger partial charge in [-0.25, -0.2) is 4.98 Å². The van der Waals surface area contributed by atoms with Crippen molar-refractivity contribution in [2.45, 2.75) is 57.1 Å². The molecule has 4 heteroatoms. The smallest absolute Gasteiger partial charge is 0.107 e. The number of hydrogen-bond acceptors (Lipinski definition) is 3. The minimum atomic E-state index is -0.620. The molecule has 1 aromatic carbocycles. The van der Waals surface area contributed by atoms with Gasteiger partial charge in [-0.3, -0.25) is 4.98 Å². The number of fused-ring (bicyclic) bond motifs is 3. The van der Waals surface area contributed by atoms with Crippen LogP contribution >= 0.6 is 0 Å². The molecule has 0 amide bonds. The first-order valence-electron chi connectivity index (χ1n) is 8.65. The normalized spacial score (nSPS) is 19.2. The highest BCUT2D eigenvalue weighted by molar-refractivity contribution is 6.02. The van der Waals surface area contributed by atoms with Crippen molar-refractivity contribution in [2.24, 2.45) is 0 Å². The third kappa shape index (κ3) is 2.32. The van der Waals surface area contributed by atoms with E-state index in [2.05, 4.69) is 27.5 Å². The van der Waals surface area contributed by atoms with Gasteiger partial charge in [0.25, 0.3) is 0 Å². The zero-order valence-corrected chi connectivity index (χ0v) is 13.6. The van der Waals surface area contributed by atoms with Crippen LogP contribution in [0.25, 0.3) is 21.9 Å². The Balaban J connectivity index is 1.91. The maximum absolute atomic E-state index is 11.3. The molecule has 2 heterocycles. The fourth-order valence-corrected chi connectivity index (χ4v) is 4.23. The zero-order chi connectivity index (χ0) is 15.9. The predicted molar refractivity (Wildman–Crippen MR) is 92.4 cm³/mol. The highest BCUT2D eigenvalue weighted by atomic mass is 16.3. The van der Waals surface area contributed by atoms with Gasteiger partial charge in [-0.05, 0) is 25.3 Å². The lowest BCUT2D eigenvalue weighted by molar-refractivity contribution is -0.0433. The van der Waals surface area contributed by atoms with Crippen molar-refractivity contribution in [3.8, 4) is 0 Å². The summed E-state index contributed by atoms with van der Waals surface area (Å²) < 4.78 is 2.20. The number of benzene rings is 1. The van der Waals surface area contributed by atoms with Gasteiger partial charge in [0, 0.05) is 5.39 Å². The largest absolute Gasteiger partial charge is 0.388 e. The Morgan fingerprint density at radius 2 is 1.91 bits per heavy atom. The predicted octanol–water partition coefficient (Wildman–Crippen LogP) is 4.23. The van der Waals surface area contributed by atoms with Gasteiger partial charge in [0.15, 0.2) is 0 Å². The van der Waals surface area contributed by atoms with Crippen LogP contribution in [-0.4, -0.2) is 25.2 Å². The Kier molecular flexibility index (Phi) is 3.57. The second kappa shape index (κ2) is 5.60. The Morgan fingerprint density at radius 3 is 2.70 bits per heavy atom. The molecular weight excluding hydrogens is 286 g/mol. The van der Waals surface area contributed by atoms with Crippen molar-refractivity contribution in [1.82, 2.24) is 14.5 Å². The van der Waals surface area contributed by atoms with Gasteiger partial charge in [-0.2, -0.15) is 0 Å². The summed E-state index contributed by atoms with van der Waals surface area (Å²) >= 11 is 0. The molecule has 0 saturated heterocycles. The molecule has 2 aromatic heterocycles. The summed E-state index contributed by atoms with van der Waals surface area (Å²) in [5.41, 5.74) is 2.36. The number of pyridine rings is 1. The van der Waals surface area contributed by atoms with Crippen LogP contribution < -0.4 is 0 Å². The summed E-state index contributed by atoms with van der Waals surface area (Å²) in [6.45, 7) is 2.16. The maximum atomic E-state index is 11.3. The van der Waals surface area contributed by atoms with E-state index in [4.69, 9.17) is 0 Å². The molecule has 1 aliphatic rings. The highest BCUT2D eigenvalue weighted by Crippen LogP contribution is 2.40. The highest BCUT2D eigenvalue weighted by Gasteiger charge is 2.38. The van der Waals surface area contributed by atoms with Gasteiger partial charge < -0.3 is 9.67 Å². The van der Waals surface area contributed by atoms with Crippen LogP contribution in [0.2, 0.25) is 0 Å². The van der Waals surface area contributed by atoms with Crippen LogP contribution in [0, 0.1) is 0 Å². The molecule has 0 spiro atoms. The van der Waals surface area contributed by atoms with Crippen LogP contribution in [0.4, 0.5) is 0 Å². The lowest BCUT2D eigenvalue weighted by Gasteiger charge is -2.39. The van der Waals surface area contributed by atoms with Crippen LogP contribution in [0.1, 0.15) is 51.5 Å². The van der Waals surface area contributed by atoms with E-state index in [0.29, 0.717) is 0 Å². The van der Waals surface area contributed by atoms with Crippen molar-refractivity contribution in [2.75, 3.05) is 0 Å². The number of hydrogen-bond donors (Lipinski definition) is 1. The van der Waals surface area contributed by atoms with Crippen LogP contribution in [0.5, 0.6) is 0 Å². The third-order valence-corrected chi connectivity index (χ3v) is 5.37. The van der Waals surface area contributed by atoms with E-state index in [9.17, 15) is 5.11 Å². The molecule has 3 aromatic rings. The number of rotatable bonds is 3. The zero-order valence-electron chi connectivity index (χ0n) is 13.6. The Bertz CT molecular complexity index is 833. The Labute approximate surface area is 136 Å². The Morgan fingerprint density at radius 1 is 1.13 bits per heavy atom. The maximum Gasteiger partial charge on any atom is 0.107 e. The second-order valence-corrected chi connectivity index (χ2v) is 6.75. The van der Waals surface area contributed by atoms with Gasteiger partial charge in [0.2, 0.25) is 0 Å². The molecular formula is C19H23N3O. The Hall–Kier alpha value is -1.94. The molecule has 120 valence electrons. The molecule has 4 nitrogen and oxygen atoms in total. The summed E-state index contributed by atoms with van der Waals surface area (Å²) in [6.07, 6.45) is 9.85. The molecule has 23 heavy (non-hydrogen) atoms. The van der Waals surface area contributed by atoms with E-state index in [1.807, 2.05) is 30.7 Å². The summed E-state index contributed by atoms with van der Waals surface area (Å²) in [5.74, 6) is 0. The lowest BCUT2D eigenvalue weighted by atomic mass is 9.78. The quantitative estimate of drug-likeness (QED) is 0.787. The average Bonchev–Trinajstić information content (AvgIpc) is 3.00. The first-order valence-corrected chi connectivity index (χ1v) is 8.65. The summed E-state index contributed by atoms with van der Waals surface area (Å²) in [7, 11) is 0. The monoisotopic (exact) mass is 309 g/mol. The number of para-hydroxylation sites is 1.